The summed E-state index contributed by atoms with van der Waals surface area (Å²) < 4.78 is 48.5. The molecule has 0 spiro atoms. The standard InChI is InChI=1S/C31H27FN6O7S/c1-16-2-8-20(9-3-16)46(43,44)37-15-22(21-12-19(32)14-33-30(21)37)29-34-23(24-10-11-26(45-24)38(41)42)13-25(36-29)35-28-18-6-4-17(5-7-18)27(28)31(39)40/h2-3,8-15,17-18,27-28H,4-7H2,1H3,(H,39,40)(H,34,35,36). The molecule has 3 aliphatic rings. The number of aryl methyl sites for hydroxylation is 1. The Labute approximate surface area is 261 Å². The molecule has 3 fully saturated rings. The van der Waals surface area contributed by atoms with Gasteiger partial charge in [-0.05, 0) is 68.7 Å². The van der Waals surface area contributed by atoms with E-state index in [1.54, 1.807) is 12.1 Å². The molecule has 3 saturated carbocycles. The summed E-state index contributed by atoms with van der Waals surface area (Å²) in [6.45, 7) is 1.82. The number of rotatable bonds is 8. The topological polar surface area (TPSA) is 183 Å². The molecule has 0 saturated heterocycles. The first kappa shape index (κ1) is 29.5. The van der Waals surface area contributed by atoms with Crippen LogP contribution in [0.25, 0.3) is 33.9 Å². The van der Waals surface area contributed by atoms with E-state index in [9.17, 15) is 32.8 Å². The first-order chi connectivity index (χ1) is 22.0. The predicted molar refractivity (Wildman–Crippen MR) is 163 cm³/mol. The summed E-state index contributed by atoms with van der Waals surface area (Å²) in [6, 6.07) is 10.9. The summed E-state index contributed by atoms with van der Waals surface area (Å²) in [5.74, 6) is -2.54. The number of carbonyl (C=O) groups is 1. The van der Waals surface area contributed by atoms with Crippen LogP contribution in [0, 0.1) is 40.6 Å². The second-order valence-electron chi connectivity index (χ2n) is 11.7. The smallest absolute Gasteiger partial charge is 0.433 e. The Balaban J connectivity index is 1.40. The molecule has 4 heterocycles. The lowest BCUT2D eigenvalue weighted by atomic mass is 9.61. The molecule has 8 rings (SSSR count). The number of halogens is 1. The van der Waals surface area contributed by atoms with Crippen LogP contribution in [-0.4, -0.2) is 49.4 Å². The molecule has 0 amide bonds. The van der Waals surface area contributed by atoms with Crippen LogP contribution in [0.15, 0.2) is 70.2 Å². The molecule has 2 N–H and O–H groups in total. The van der Waals surface area contributed by atoms with Crippen LogP contribution in [0.2, 0.25) is 0 Å². The van der Waals surface area contributed by atoms with E-state index in [2.05, 4.69) is 20.3 Å². The van der Waals surface area contributed by atoms with Gasteiger partial charge in [-0.2, -0.15) is 0 Å². The van der Waals surface area contributed by atoms with Gasteiger partial charge < -0.3 is 14.8 Å². The molecule has 2 bridgehead atoms. The van der Waals surface area contributed by atoms with Crippen molar-refractivity contribution < 1.29 is 32.0 Å². The lowest BCUT2D eigenvalue weighted by Gasteiger charge is -2.47. The third-order valence-electron chi connectivity index (χ3n) is 8.97. The van der Waals surface area contributed by atoms with Gasteiger partial charge >= 0.3 is 11.9 Å². The second kappa shape index (κ2) is 11.0. The van der Waals surface area contributed by atoms with Crippen molar-refractivity contribution in [3.8, 4) is 22.8 Å². The first-order valence-corrected chi connectivity index (χ1v) is 16.1. The lowest BCUT2D eigenvalue weighted by Crippen LogP contribution is -2.51. The van der Waals surface area contributed by atoms with E-state index < -0.39 is 44.6 Å². The van der Waals surface area contributed by atoms with Crippen molar-refractivity contribution in [3.05, 3.63) is 82.4 Å². The second-order valence-corrected chi connectivity index (χ2v) is 13.6. The summed E-state index contributed by atoms with van der Waals surface area (Å²) in [6.07, 6.45) is 5.52. The Hall–Kier alpha value is -5.18. The molecule has 3 aliphatic carbocycles. The number of fused-ring (bicyclic) bond motifs is 4. The number of hydrogen-bond acceptors (Lipinski definition) is 10. The lowest BCUT2D eigenvalue weighted by molar-refractivity contribution is -0.401. The van der Waals surface area contributed by atoms with E-state index in [1.165, 1.54) is 36.5 Å². The minimum absolute atomic E-state index is 0.00695. The number of carboxylic acid groups (broad SMARTS) is 1. The number of nitrogens with one attached hydrogen (secondary N) is 1. The highest BCUT2D eigenvalue weighted by molar-refractivity contribution is 7.90. The fraction of sp³-hybridized carbons (Fsp3) is 0.290. The van der Waals surface area contributed by atoms with Gasteiger partial charge in [0.15, 0.2) is 17.2 Å². The van der Waals surface area contributed by atoms with Crippen LogP contribution in [0.4, 0.5) is 16.1 Å². The van der Waals surface area contributed by atoms with Gasteiger partial charge in [-0.25, -0.2) is 31.7 Å². The number of nitrogens with zero attached hydrogens (tertiary/aromatic N) is 5. The van der Waals surface area contributed by atoms with Crippen molar-refractivity contribution in [2.45, 2.75) is 43.5 Å². The van der Waals surface area contributed by atoms with Crippen LogP contribution in [-0.2, 0) is 14.8 Å². The zero-order valence-electron chi connectivity index (χ0n) is 24.3. The summed E-state index contributed by atoms with van der Waals surface area (Å²) in [5, 5.41) is 24.9. The Morgan fingerprint density at radius 1 is 1.09 bits per heavy atom. The number of aromatic nitrogens is 4. The van der Waals surface area contributed by atoms with Crippen LogP contribution >= 0.6 is 0 Å². The monoisotopic (exact) mass is 646 g/mol. The molecular weight excluding hydrogens is 619 g/mol. The third kappa shape index (κ3) is 5.05. The van der Waals surface area contributed by atoms with E-state index in [4.69, 9.17) is 4.42 Å². The normalized spacial score (nSPS) is 21.0. The van der Waals surface area contributed by atoms with Gasteiger partial charge in [-0.1, -0.05) is 17.7 Å². The zero-order valence-corrected chi connectivity index (χ0v) is 25.1. The van der Waals surface area contributed by atoms with Crippen LogP contribution in [0.1, 0.15) is 31.2 Å². The number of nitro groups is 1. The minimum Gasteiger partial charge on any atom is -0.481 e. The average molecular weight is 647 g/mol. The van der Waals surface area contributed by atoms with Crippen molar-refractivity contribution >= 4 is 38.7 Å². The molecular formula is C31H27FN6O7S. The molecule has 0 aliphatic heterocycles. The molecule has 2 unspecified atom stereocenters. The Morgan fingerprint density at radius 2 is 1.80 bits per heavy atom. The number of aliphatic carboxylic acids is 1. The van der Waals surface area contributed by atoms with Crippen LogP contribution in [0.3, 0.4) is 0 Å². The van der Waals surface area contributed by atoms with Crippen molar-refractivity contribution in [1.29, 1.82) is 0 Å². The predicted octanol–water partition coefficient (Wildman–Crippen LogP) is 5.65. The molecule has 15 heteroatoms. The number of benzene rings is 1. The number of furan rings is 1. The Bertz CT molecular complexity index is 2120. The van der Waals surface area contributed by atoms with Gasteiger partial charge in [0.1, 0.15) is 22.3 Å². The number of carboxylic acids is 1. The largest absolute Gasteiger partial charge is 0.481 e. The zero-order chi connectivity index (χ0) is 32.3. The highest BCUT2D eigenvalue weighted by Crippen LogP contribution is 2.46. The summed E-state index contributed by atoms with van der Waals surface area (Å²) in [5.41, 5.74) is 1.02. The fourth-order valence-corrected chi connectivity index (χ4v) is 8.08. The number of pyridine rings is 1. The maximum atomic E-state index is 14.6. The Morgan fingerprint density at radius 3 is 2.48 bits per heavy atom. The minimum atomic E-state index is -4.20. The Kier molecular flexibility index (Phi) is 7.07. The van der Waals surface area contributed by atoms with Crippen LogP contribution < -0.4 is 5.32 Å². The summed E-state index contributed by atoms with van der Waals surface area (Å²) in [7, 11) is -4.20. The van der Waals surface area contributed by atoms with E-state index in [0.717, 1.165) is 47.5 Å². The van der Waals surface area contributed by atoms with Gasteiger partial charge in [0, 0.05) is 29.3 Å². The van der Waals surface area contributed by atoms with Gasteiger partial charge in [0.05, 0.1) is 23.1 Å². The molecule has 1 aromatic carbocycles. The maximum absolute atomic E-state index is 14.6. The molecule has 5 aromatic rings. The highest BCUT2D eigenvalue weighted by Gasteiger charge is 2.47. The third-order valence-corrected chi connectivity index (χ3v) is 10.6. The average Bonchev–Trinajstić information content (AvgIpc) is 3.68. The van der Waals surface area contributed by atoms with Crippen LogP contribution in [0.5, 0.6) is 0 Å². The molecule has 2 atom stereocenters. The molecule has 0 radical (unpaired) electrons. The van der Waals surface area contributed by atoms with Crippen molar-refractivity contribution in [1.82, 2.24) is 18.9 Å². The quantitative estimate of drug-likeness (QED) is 0.157. The highest BCUT2D eigenvalue weighted by atomic mass is 32.2. The van der Waals surface area contributed by atoms with E-state index in [-0.39, 0.29) is 56.4 Å². The molecule has 236 valence electrons. The summed E-state index contributed by atoms with van der Waals surface area (Å²) >= 11 is 0. The SMILES string of the molecule is Cc1ccc(S(=O)(=O)n2cc(-c3nc(NC4C5CCC(CC5)C4C(=O)O)cc(-c4ccc([N+](=O)[O-])o4)n3)c3cc(F)cnc32)cc1. The van der Waals surface area contributed by atoms with Gasteiger partial charge in [0.2, 0.25) is 0 Å². The number of anilines is 1. The van der Waals surface area contributed by atoms with Crippen molar-refractivity contribution in [2.75, 3.05) is 5.32 Å². The van der Waals surface area contributed by atoms with E-state index in [0.29, 0.717) is 0 Å². The molecule has 4 aromatic heterocycles. The van der Waals surface area contributed by atoms with Crippen molar-refractivity contribution in [2.24, 2.45) is 17.8 Å². The van der Waals surface area contributed by atoms with E-state index in [1.807, 2.05) is 6.92 Å². The van der Waals surface area contributed by atoms with Gasteiger partial charge in [-0.15, -0.1) is 0 Å². The molecule has 46 heavy (non-hydrogen) atoms. The number of hydrogen-bond donors (Lipinski definition) is 2. The van der Waals surface area contributed by atoms with Gasteiger partial charge in [-0.3, -0.25) is 14.9 Å². The fourth-order valence-electron chi connectivity index (χ4n) is 6.75. The van der Waals surface area contributed by atoms with Crippen molar-refractivity contribution in [3.63, 3.8) is 0 Å². The van der Waals surface area contributed by atoms with Gasteiger partial charge in [0.25, 0.3) is 10.0 Å². The first-order valence-electron chi connectivity index (χ1n) is 14.6. The summed E-state index contributed by atoms with van der Waals surface area (Å²) in [4.78, 5) is 36.3. The van der Waals surface area contributed by atoms with E-state index >= 15 is 0 Å². The maximum Gasteiger partial charge on any atom is 0.433 e. The molecule has 13 nitrogen and oxygen atoms in total.